The maximum Gasteiger partial charge on any atom is 0.416 e. The van der Waals surface area contributed by atoms with E-state index in [2.05, 4.69) is 25.6 Å². The largest absolute Gasteiger partial charge is 0.416 e. The van der Waals surface area contributed by atoms with Gasteiger partial charge in [-0.25, -0.2) is 4.98 Å². The standard InChI is InChI=1S/C21H27F3N6O/c1-5-16(13(4)31)27-20-28-18(17-19(29-20)30(11-26-17)12(2)3)25-10-14-6-8-15(9-7-14)21(22,23)24/h6-9,11-13,16,31H,5,10H2,1-4H3,(H2,25,27,28,29)/t13-,16+/m1/s1. The van der Waals surface area contributed by atoms with E-state index in [-0.39, 0.29) is 18.6 Å². The number of alkyl halides is 3. The van der Waals surface area contributed by atoms with Gasteiger partial charge >= 0.3 is 6.18 Å². The van der Waals surface area contributed by atoms with Crippen molar-refractivity contribution in [1.82, 2.24) is 19.5 Å². The van der Waals surface area contributed by atoms with E-state index < -0.39 is 17.8 Å². The number of imidazole rings is 1. The molecule has 10 heteroatoms. The molecule has 31 heavy (non-hydrogen) atoms. The highest BCUT2D eigenvalue weighted by atomic mass is 19.4. The monoisotopic (exact) mass is 436 g/mol. The summed E-state index contributed by atoms with van der Waals surface area (Å²) in [6, 6.07) is 4.87. The smallest absolute Gasteiger partial charge is 0.391 e. The van der Waals surface area contributed by atoms with Gasteiger partial charge in [0, 0.05) is 12.6 Å². The van der Waals surface area contributed by atoms with Crippen LogP contribution in [0.1, 0.15) is 51.3 Å². The summed E-state index contributed by atoms with van der Waals surface area (Å²) < 4.78 is 40.2. The van der Waals surface area contributed by atoms with Gasteiger partial charge in [0.15, 0.2) is 17.0 Å². The van der Waals surface area contributed by atoms with Crippen LogP contribution in [0.2, 0.25) is 0 Å². The van der Waals surface area contributed by atoms with Crippen LogP contribution in [-0.4, -0.2) is 36.8 Å². The fourth-order valence-electron chi connectivity index (χ4n) is 3.21. The fraction of sp³-hybridized carbons (Fsp3) is 0.476. The molecule has 0 spiro atoms. The second kappa shape index (κ2) is 9.09. The molecule has 2 aromatic heterocycles. The Hall–Kier alpha value is -2.88. The lowest BCUT2D eigenvalue weighted by molar-refractivity contribution is -0.137. The SMILES string of the molecule is CC[C@H](Nc1nc(NCc2ccc(C(F)(F)F)cc2)c2ncn(C(C)C)c2n1)[C@@H](C)O. The van der Waals surface area contributed by atoms with Gasteiger partial charge in [0.25, 0.3) is 0 Å². The van der Waals surface area contributed by atoms with Crippen molar-refractivity contribution in [2.24, 2.45) is 0 Å². The number of nitrogens with one attached hydrogen (secondary N) is 2. The number of halogens is 3. The number of hydrogen-bond acceptors (Lipinski definition) is 6. The van der Waals surface area contributed by atoms with Gasteiger partial charge in [-0.15, -0.1) is 0 Å². The average molecular weight is 436 g/mol. The van der Waals surface area contributed by atoms with Crippen molar-refractivity contribution in [2.75, 3.05) is 10.6 Å². The first-order valence-electron chi connectivity index (χ1n) is 10.2. The molecule has 2 atom stereocenters. The van der Waals surface area contributed by atoms with Gasteiger partial charge in [-0.3, -0.25) is 0 Å². The van der Waals surface area contributed by atoms with Crippen LogP contribution in [-0.2, 0) is 12.7 Å². The summed E-state index contributed by atoms with van der Waals surface area (Å²) in [4.78, 5) is 13.5. The van der Waals surface area contributed by atoms with Gasteiger partial charge in [0.2, 0.25) is 5.95 Å². The molecule has 0 aliphatic rings. The lowest BCUT2D eigenvalue weighted by atomic mass is 10.1. The Labute approximate surface area is 178 Å². The number of nitrogens with zero attached hydrogens (tertiary/aromatic N) is 4. The summed E-state index contributed by atoms with van der Waals surface area (Å²) >= 11 is 0. The van der Waals surface area contributed by atoms with Crippen LogP contribution in [0.25, 0.3) is 11.2 Å². The average Bonchev–Trinajstić information content (AvgIpc) is 3.14. The first-order chi connectivity index (χ1) is 14.6. The van der Waals surface area contributed by atoms with E-state index in [9.17, 15) is 18.3 Å². The molecular weight excluding hydrogens is 409 g/mol. The molecule has 0 fully saturated rings. The molecule has 3 rings (SSSR count). The highest BCUT2D eigenvalue weighted by molar-refractivity contribution is 5.84. The van der Waals surface area contributed by atoms with Crippen LogP contribution in [0.5, 0.6) is 0 Å². The Bertz CT molecular complexity index is 1010. The van der Waals surface area contributed by atoms with Crippen molar-refractivity contribution in [3.05, 3.63) is 41.7 Å². The maximum atomic E-state index is 12.8. The van der Waals surface area contributed by atoms with E-state index in [0.29, 0.717) is 34.9 Å². The predicted molar refractivity (Wildman–Crippen MR) is 114 cm³/mol. The molecule has 0 bridgehead atoms. The van der Waals surface area contributed by atoms with E-state index in [1.54, 1.807) is 13.3 Å². The van der Waals surface area contributed by atoms with Crippen molar-refractivity contribution in [1.29, 1.82) is 0 Å². The third-order valence-corrected chi connectivity index (χ3v) is 5.06. The Morgan fingerprint density at radius 1 is 1.10 bits per heavy atom. The summed E-state index contributed by atoms with van der Waals surface area (Å²) in [5.41, 5.74) is 1.18. The van der Waals surface area contributed by atoms with Crippen LogP contribution in [0.3, 0.4) is 0 Å². The molecule has 0 saturated heterocycles. The number of fused-ring (bicyclic) bond motifs is 1. The summed E-state index contributed by atoms with van der Waals surface area (Å²) in [6.45, 7) is 7.94. The van der Waals surface area contributed by atoms with Crippen molar-refractivity contribution < 1.29 is 18.3 Å². The van der Waals surface area contributed by atoms with Crippen molar-refractivity contribution in [3.8, 4) is 0 Å². The molecule has 0 saturated carbocycles. The minimum atomic E-state index is -4.37. The van der Waals surface area contributed by atoms with Crippen molar-refractivity contribution in [3.63, 3.8) is 0 Å². The van der Waals surface area contributed by atoms with Gasteiger partial charge in [0.1, 0.15) is 0 Å². The van der Waals surface area contributed by atoms with Crippen LogP contribution in [0.4, 0.5) is 24.9 Å². The molecule has 2 heterocycles. The van der Waals surface area contributed by atoms with Gasteiger partial charge in [-0.1, -0.05) is 19.1 Å². The van der Waals surface area contributed by atoms with Gasteiger partial charge in [0.05, 0.1) is 24.0 Å². The van der Waals surface area contributed by atoms with Crippen LogP contribution in [0.15, 0.2) is 30.6 Å². The lowest BCUT2D eigenvalue weighted by Crippen LogP contribution is -2.31. The maximum absolute atomic E-state index is 12.8. The highest BCUT2D eigenvalue weighted by Crippen LogP contribution is 2.29. The molecule has 0 aliphatic carbocycles. The zero-order valence-corrected chi connectivity index (χ0v) is 17.9. The molecule has 3 aromatic rings. The van der Waals surface area contributed by atoms with Crippen molar-refractivity contribution in [2.45, 2.75) is 65.0 Å². The van der Waals surface area contributed by atoms with Crippen LogP contribution < -0.4 is 10.6 Å². The molecule has 3 N–H and O–H groups in total. The fourth-order valence-corrected chi connectivity index (χ4v) is 3.21. The van der Waals surface area contributed by atoms with E-state index in [4.69, 9.17) is 0 Å². The summed E-state index contributed by atoms with van der Waals surface area (Å²) in [5, 5.41) is 16.3. The predicted octanol–water partition coefficient (Wildman–Crippen LogP) is 4.61. The zero-order chi connectivity index (χ0) is 22.8. The molecule has 0 radical (unpaired) electrons. The first-order valence-corrected chi connectivity index (χ1v) is 10.2. The number of benzene rings is 1. The zero-order valence-electron chi connectivity index (χ0n) is 17.9. The topological polar surface area (TPSA) is 87.9 Å². The third kappa shape index (κ3) is 5.25. The van der Waals surface area contributed by atoms with Gasteiger partial charge < -0.3 is 20.3 Å². The highest BCUT2D eigenvalue weighted by Gasteiger charge is 2.29. The quantitative estimate of drug-likeness (QED) is 0.478. The van der Waals surface area contributed by atoms with E-state index in [1.807, 2.05) is 25.3 Å². The number of hydrogen-bond donors (Lipinski definition) is 3. The van der Waals surface area contributed by atoms with Gasteiger partial charge in [-0.05, 0) is 44.9 Å². The number of aliphatic hydroxyl groups excluding tert-OH is 1. The molecule has 7 nitrogen and oxygen atoms in total. The van der Waals surface area contributed by atoms with Crippen LogP contribution in [0, 0.1) is 0 Å². The molecule has 1 aromatic carbocycles. The molecule has 0 aliphatic heterocycles. The number of aromatic nitrogens is 4. The second-order valence-electron chi connectivity index (χ2n) is 7.76. The lowest BCUT2D eigenvalue weighted by Gasteiger charge is -2.20. The molecular formula is C21H27F3N6O. The van der Waals surface area contributed by atoms with E-state index >= 15 is 0 Å². The number of aliphatic hydroxyl groups is 1. The Balaban J connectivity index is 1.90. The van der Waals surface area contributed by atoms with E-state index in [0.717, 1.165) is 12.1 Å². The van der Waals surface area contributed by atoms with Gasteiger partial charge in [-0.2, -0.15) is 23.1 Å². The Kier molecular flexibility index (Phi) is 6.68. The van der Waals surface area contributed by atoms with Crippen LogP contribution >= 0.6 is 0 Å². The number of anilines is 2. The third-order valence-electron chi connectivity index (χ3n) is 5.06. The summed E-state index contributed by atoms with van der Waals surface area (Å²) in [7, 11) is 0. The minimum Gasteiger partial charge on any atom is -0.391 e. The normalized spacial score (nSPS) is 14.1. The first kappa shape index (κ1) is 22.8. The number of rotatable bonds is 8. The minimum absolute atomic E-state index is 0.120. The van der Waals surface area contributed by atoms with E-state index in [1.165, 1.54) is 12.1 Å². The second-order valence-corrected chi connectivity index (χ2v) is 7.76. The molecule has 168 valence electrons. The van der Waals surface area contributed by atoms with Crippen molar-refractivity contribution >= 4 is 22.9 Å². The summed E-state index contributed by atoms with van der Waals surface area (Å²) in [6.07, 6.45) is -2.60. The molecule has 0 amide bonds. The Morgan fingerprint density at radius 3 is 2.32 bits per heavy atom. The summed E-state index contributed by atoms with van der Waals surface area (Å²) in [5.74, 6) is 0.810. The molecule has 0 unspecified atom stereocenters. The Morgan fingerprint density at radius 2 is 1.77 bits per heavy atom.